The molecule has 3 rings (SSSR count). The summed E-state index contributed by atoms with van der Waals surface area (Å²) >= 11 is 0. The summed E-state index contributed by atoms with van der Waals surface area (Å²) in [5.41, 5.74) is 1.58. The average Bonchev–Trinajstić information content (AvgIpc) is 2.29. The molecule has 0 radical (unpaired) electrons. The third-order valence-electron chi connectivity index (χ3n) is 3.54. The Kier molecular flexibility index (Phi) is 2.06. The molecule has 1 fully saturated rings. The Morgan fingerprint density at radius 3 is 2.88 bits per heavy atom. The van der Waals surface area contributed by atoms with Crippen molar-refractivity contribution in [2.45, 2.75) is 31.2 Å². The van der Waals surface area contributed by atoms with Crippen molar-refractivity contribution in [1.29, 1.82) is 0 Å². The van der Waals surface area contributed by atoms with E-state index in [-0.39, 0.29) is 23.7 Å². The first-order valence-corrected chi connectivity index (χ1v) is 5.70. The number of nitrogens with one attached hydrogen (secondary N) is 1. The second-order valence-corrected chi connectivity index (χ2v) is 4.50. The summed E-state index contributed by atoms with van der Waals surface area (Å²) in [6.07, 6.45) is 2.45. The lowest BCUT2D eigenvalue weighted by molar-refractivity contribution is -0.122. The lowest BCUT2D eigenvalue weighted by Crippen LogP contribution is -2.48. The van der Waals surface area contributed by atoms with Gasteiger partial charge in [-0.3, -0.25) is 9.59 Å². The number of benzene rings is 1. The number of carbonyl (C=O) groups excluding carboxylic acids is 2. The Morgan fingerprint density at radius 2 is 2.00 bits per heavy atom. The van der Waals surface area contributed by atoms with Crippen LogP contribution in [0, 0.1) is 0 Å². The van der Waals surface area contributed by atoms with E-state index in [4.69, 9.17) is 0 Å². The molecule has 0 spiro atoms. The van der Waals surface area contributed by atoms with Crippen LogP contribution >= 0.6 is 0 Å². The predicted molar refractivity (Wildman–Crippen MR) is 59.3 cm³/mol. The summed E-state index contributed by atoms with van der Waals surface area (Å²) in [6.45, 7) is 0. The average molecular weight is 215 g/mol. The monoisotopic (exact) mass is 215 g/mol. The van der Waals surface area contributed by atoms with Crippen LogP contribution in [0.1, 0.15) is 41.1 Å². The predicted octanol–water partition coefficient (Wildman–Crippen LogP) is 1.64. The Balaban J connectivity index is 2.13. The van der Waals surface area contributed by atoms with E-state index in [1.807, 2.05) is 18.2 Å². The molecule has 1 amide bonds. The highest BCUT2D eigenvalue weighted by molar-refractivity contribution is 6.01. The highest BCUT2D eigenvalue weighted by Gasteiger charge is 2.39. The van der Waals surface area contributed by atoms with Crippen molar-refractivity contribution < 1.29 is 9.59 Å². The molecule has 1 aliphatic heterocycles. The van der Waals surface area contributed by atoms with Crippen LogP contribution in [-0.4, -0.2) is 17.7 Å². The number of rotatable bonds is 0. The Labute approximate surface area is 93.8 Å². The van der Waals surface area contributed by atoms with Crippen molar-refractivity contribution in [2.24, 2.45) is 0 Å². The molecule has 3 heteroatoms. The van der Waals surface area contributed by atoms with E-state index < -0.39 is 0 Å². The van der Waals surface area contributed by atoms with Crippen LogP contribution in [0.25, 0.3) is 0 Å². The van der Waals surface area contributed by atoms with Crippen molar-refractivity contribution in [3.63, 3.8) is 0 Å². The number of ketones is 1. The van der Waals surface area contributed by atoms with Crippen LogP contribution in [0.15, 0.2) is 24.3 Å². The number of hydrogen-bond donors (Lipinski definition) is 1. The number of amides is 1. The molecule has 1 aliphatic carbocycles. The molecule has 2 unspecified atom stereocenters. The lowest BCUT2D eigenvalue weighted by Gasteiger charge is -2.36. The quantitative estimate of drug-likeness (QED) is 0.715. The van der Waals surface area contributed by atoms with Gasteiger partial charge in [0, 0.05) is 18.0 Å². The molecule has 82 valence electrons. The van der Waals surface area contributed by atoms with Gasteiger partial charge in [-0.05, 0) is 24.5 Å². The Bertz CT molecular complexity index is 467. The van der Waals surface area contributed by atoms with Gasteiger partial charge in [-0.2, -0.15) is 0 Å². The van der Waals surface area contributed by atoms with Crippen LogP contribution in [-0.2, 0) is 4.79 Å². The second kappa shape index (κ2) is 3.44. The molecular weight excluding hydrogens is 202 g/mol. The van der Waals surface area contributed by atoms with Gasteiger partial charge in [0.2, 0.25) is 0 Å². The first-order chi connectivity index (χ1) is 7.77. The molecule has 0 aromatic heterocycles. The Hall–Kier alpha value is -1.64. The molecule has 16 heavy (non-hydrogen) atoms. The van der Waals surface area contributed by atoms with Gasteiger partial charge in [0.25, 0.3) is 5.91 Å². The molecular formula is C13H13NO2. The van der Waals surface area contributed by atoms with Crippen LogP contribution < -0.4 is 5.32 Å². The second-order valence-electron chi connectivity index (χ2n) is 4.50. The van der Waals surface area contributed by atoms with E-state index >= 15 is 0 Å². The molecule has 3 nitrogen and oxygen atoms in total. The molecule has 2 atom stereocenters. The molecule has 1 saturated carbocycles. The molecule has 1 aromatic carbocycles. The molecule has 1 N–H and O–H groups in total. The van der Waals surface area contributed by atoms with Gasteiger partial charge in [0.05, 0.1) is 5.92 Å². The maximum absolute atomic E-state index is 11.9. The van der Waals surface area contributed by atoms with E-state index in [9.17, 15) is 9.59 Å². The minimum Gasteiger partial charge on any atom is -0.348 e. The highest BCUT2D eigenvalue weighted by Crippen LogP contribution is 2.35. The van der Waals surface area contributed by atoms with Gasteiger partial charge < -0.3 is 5.32 Å². The standard InChI is InChI=1S/C13H13NO2/c15-11-7-3-6-10-12(11)8-4-1-2-5-9(8)13(16)14-10/h1-2,4-5,10,12H,3,6-7H2,(H,14,16). The molecule has 2 aliphatic rings. The number of carbonyl (C=O) groups is 2. The lowest BCUT2D eigenvalue weighted by atomic mass is 9.75. The van der Waals surface area contributed by atoms with Gasteiger partial charge in [-0.1, -0.05) is 18.2 Å². The number of hydrogen-bond acceptors (Lipinski definition) is 2. The van der Waals surface area contributed by atoms with Crippen LogP contribution in [0.3, 0.4) is 0 Å². The van der Waals surface area contributed by atoms with Gasteiger partial charge in [-0.15, -0.1) is 0 Å². The molecule has 0 bridgehead atoms. The summed E-state index contributed by atoms with van der Waals surface area (Å²) in [7, 11) is 0. The third kappa shape index (κ3) is 1.28. The summed E-state index contributed by atoms with van der Waals surface area (Å²) in [6, 6.07) is 7.46. The highest BCUT2D eigenvalue weighted by atomic mass is 16.2. The fourth-order valence-corrected chi connectivity index (χ4v) is 2.81. The summed E-state index contributed by atoms with van der Waals surface area (Å²) < 4.78 is 0. The van der Waals surface area contributed by atoms with E-state index in [0.717, 1.165) is 18.4 Å². The van der Waals surface area contributed by atoms with E-state index in [1.54, 1.807) is 6.07 Å². The number of Topliss-reactive ketones (excluding diaryl/α,β-unsaturated/α-hetero) is 1. The molecule has 0 saturated heterocycles. The fraction of sp³-hybridized carbons (Fsp3) is 0.385. The minimum atomic E-state index is -0.109. The topological polar surface area (TPSA) is 46.2 Å². The largest absolute Gasteiger partial charge is 0.348 e. The first kappa shape index (κ1) is 9.58. The molecule has 1 aromatic rings. The molecule has 1 heterocycles. The fourth-order valence-electron chi connectivity index (χ4n) is 2.81. The zero-order valence-electron chi connectivity index (χ0n) is 8.90. The first-order valence-electron chi connectivity index (χ1n) is 5.70. The van der Waals surface area contributed by atoms with Crippen molar-refractivity contribution in [2.75, 3.05) is 0 Å². The van der Waals surface area contributed by atoms with Crippen molar-refractivity contribution in [1.82, 2.24) is 5.32 Å². The maximum atomic E-state index is 11.9. The van der Waals surface area contributed by atoms with Crippen LogP contribution in [0.2, 0.25) is 0 Å². The van der Waals surface area contributed by atoms with Crippen LogP contribution in [0.4, 0.5) is 0 Å². The normalized spacial score (nSPS) is 28.0. The Morgan fingerprint density at radius 1 is 1.19 bits per heavy atom. The number of fused-ring (bicyclic) bond motifs is 3. The van der Waals surface area contributed by atoms with Crippen molar-refractivity contribution >= 4 is 11.7 Å². The third-order valence-corrected chi connectivity index (χ3v) is 3.54. The maximum Gasteiger partial charge on any atom is 0.251 e. The zero-order chi connectivity index (χ0) is 11.1. The van der Waals surface area contributed by atoms with Crippen LogP contribution in [0.5, 0.6) is 0 Å². The SMILES string of the molecule is O=C1NC2CCCC(=O)C2c2ccccc21. The summed E-state index contributed by atoms with van der Waals surface area (Å²) in [5.74, 6) is 0.123. The minimum absolute atomic E-state index is 0.0173. The van der Waals surface area contributed by atoms with Crippen molar-refractivity contribution in [3.8, 4) is 0 Å². The summed E-state index contributed by atoms with van der Waals surface area (Å²) in [4.78, 5) is 23.8. The zero-order valence-corrected chi connectivity index (χ0v) is 8.90. The van der Waals surface area contributed by atoms with Gasteiger partial charge in [0.1, 0.15) is 5.78 Å². The van der Waals surface area contributed by atoms with E-state index in [1.165, 1.54) is 0 Å². The van der Waals surface area contributed by atoms with E-state index in [0.29, 0.717) is 12.0 Å². The van der Waals surface area contributed by atoms with Crippen molar-refractivity contribution in [3.05, 3.63) is 35.4 Å². The van der Waals surface area contributed by atoms with E-state index in [2.05, 4.69) is 5.32 Å². The van der Waals surface area contributed by atoms with Gasteiger partial charge in [-0.25, -0.2) is 0 Å². The van der Waals surface area contributed by atoms with Gasteiger partial charge in [0.15, 0.2) is 0 Å². The van der Waals surface area contributed by atoms with Gasteiger partial charge >= 0.3 is 0 Å². The smallest absolute Gasteiger partial charge is 0.251 e. The summed E-state index contributed by atoms with van der Waals surface area (Å²) in [5, 5.41) is 2.95.